The molecule has 0 radical (unpaired) electrons. The minimum Gasteiger partial charge on any atom is -0.360 e. The fourth-order valence-corrected chi connectivity index (χ4v) is 9.34. The number of aliphatic imine (C=N–C) groups is 2. The van der Waals surface area contributed by atoms with Gasteiger partial charge >= 0.3 is 0 Å². The molecule has 1 aromatic heterocycles. The molecule has 1 aromatic rings. The summed E-state index contributed by atoms with van der Waals surface area (Å²) in [4.78, 5) is 13.0. The number of nitrogens with zero attached hydrogens (tertiary/aromatic N) is 5. The van der Waals surface area contributed by atoms with Crippen molar-refractivity contribution in [2.75, 3.05) is 33.1 Å². The zero-order valence-electron chi connectivity index (χ0n) is 24.0. The van der Waals surface area contributed by atoms with Crippen molar-refractivity contribution in [1.29, 1.82) is 0 Å². The van der Waals surface area contributed by atoms with Crippen LogP contribution in [0.1, 0.15) is 89.2 Å². The van der Waals surface area contributed by atoms with E-state index < -0.39 is 11.4 Å². The van der Waals surface area contributed by atoms with Gasteiger partial charge in [-0.2, -0.15) is 5.01 Å². The van der Waals surface area contributed by atoms with Crippen LogP contribution in [0.5, 0.6) is 0 Å². The van der Waals surface area contributed by atoms with Crippen molar-refractivity contribution >= 4 is 22.6 Å². The number of hydrogen-bond acceptors (Lipinski definition) is 10. The van der Waals surface area contributed by atoms with E-state index in [4.69, 9.17) is 29.1 Å². The molecule has 2 saturated heterocycles. The van der Waals surface area contributed by atoms with Crippen LogP contribution < -0.4 is 5.43 Å². The second-order valence-corrected chi connectivity index (χ2v) is 13.2. The first-order chi connectivity index (χ1) is 18.8. The fraction of sp³-hybridized carbons (Fsp3) is 0.759. The number of fused-ring (bicyclic) bond motifs is 4. The lowest BCUT2D eigenvalue weighted by atomic mass is 9.61. The lowest BCUT2D eigenvalue weighted by Crippen LogP contribution is -2.58. The third kappa shape index (κ3) is 3.64. The van der Waals surface area contributed by atoms with Crippen LogP contribution in [-0.2, 0) is 21.3 Å². The zero-order chi connectivity index (χ0) is 27.0. The largest absolute Gasteiger partial charge is 0.360 e. The summed E-state index contributed by atoms with van der Waals surface area (Å²) >= 11 is 1.68. The number of nitrogens with one attached hydrogen (secondary N) is 1. The first-order valence-corrected chi connectivity index (χ1v) is 16.0. The molecule has 6 aliphatic rings. The van der Waals surface area contributed by atoms with Crippen LogP contribution in [0.25, 0.3) is 0 Å². The Hall–Kier alpha value is -1.72. The lowest BCUT2D eigenvalue weighted by molar-refractivity contribution is -0.235. The van der Waals surface area contributed by atoms with Crippen molar-refractivity contribution in [1.82, 2.24) is 20.5 Å². The first-order valence-electron chi connectivity index (χ1n) is 14.8. The van der Waals surface area contributed by atoms with Crippen LogP contribution >= 0.6 is 11.8 Å². The standard InChI is InChI=1S/C29H42N6O3S/c1-18-22-26(39-5)30-25(31-27(22,3)35(32-18)19(2)21-11-9-15-34(21)4)23-20-10-8-13-28(24(20)38-33-23)12-6-7-14-29(28)36-16-17-37-29/h19,21,32H,6-17H2,1-5H3/t19-,21-,27?,28-/m0/s1. The van der Waals surface area contributed by atoms with E-state index in [2.05, 4.69) is 49.4 Å². The molecule has 9 nitrogen and oxygen atoms in total. The molecule has 3 fully saturated rings. The molecule has 1 saturated carbocycles. The van der Waals surface area contributed by atoms with Crippen LogP contribution in [0, 0.1) is 0 Å². The van der Waals surface area contributed by atoms with Crippen molar-refractivity contribution in [3.63, 3.8) is 0 Å². The van der Waals surface area contributed by atoms with Gasteiger partial charge in [0.15, 0.2) is 28.7 Å². The maximum absolute atomic E-state index is 6.41. The molecule has 4 atom stereocenters. The van der Waals surface area contributed by atoms with Gasteiger partial charge in [0.2, 0.25) is 0 Å². The van der Waals surface area contributed by atoms with E-state index in [-0.39, 0.29) is 11.5 Å². The van der Waals surface area contributed by atoms with Crippen molar-refractivity contribution in [3.8, 4) is 0 Å². The highest BCUT2D eigenvalue weighted by molar-refractivity contribution is 8.13. The van der Waals surface area contributed by atoms with Gasteiger partial charge in [-0.15, -0.1) is 11.8 Å². The van der Waals surface area contributed by atoms with Gasteiger partial charge in [0, 0.05) is 35.3 Å². The van der Waals surface area contributed by atoms with Crippen molar-refractivity contribution in [3.05, 3.63) is 28.3 Å². The Bertz CT molecular complexity index is 1250. The predicted molar refractivity (Wildman–Crippen MR) is 153 cm³/mol. The molecule has 212 valence electrons. The number of aromatic nitrogens is 1. The van der Waals surface area contributed by atoms with Crippen LogP contribution in [0.3, 0.4) is 0 Å². The normalized spacial score (nSPS) is 35.3. The second-order valence-electron chi connectivity index (χ2n) is 12.4. The molecular formula is C29H42N6O3S. The summed E-state index contributed by atoms with van der Waals surface area (Å²) in [5, 5.41) is 8.08. The molecule has 0 bridgehead atoms. The van der Waals surface area contributed by atoms with Gasteiger partial charge in [0.25, 0.3) is 0 Å². The topological polar surface area (TPSA) is 87.7 Å². The molecular weight excluding hydrogens is 512 g/mol. The minimum atomic E-state index is -0.590. The van der Waals surface area contributed by atoms with E-state index in [0.29, 0.717) is 25.1 Å². The molecule has 0 aromatic carbocycles. The Morgan fingerprint density at radius 2 is 1.87 bits per heavy atom. The highest BCUT2D eigenvalue weighted by atomic mass is 32.2. The van der Waals surface area contributed by atoms with Gasteiger partial charge < -0.3 is 24.3 Å². The number of amidine groups is 1. The van der Waals surface area contributed by atoms with Crippen molar-refractivity contribution in [2.45, 2.75) is 108 Å². The van der Waals surface area contributed by atoms with Crippen LogP contribution in [-0.4, -0.2) is 82.5 Å². The first kappa shape index (κ1) is 26.2. The van der Waals surface area contributed by atoms with Crippen LogP contribution in [0.4, 0.5) is 0 Å². The average molecular weight is 555 g/mol. The Kier molecular flexibility index (Phi) is 6.32. The number of likely N-dealkylation sites (tertiary alicyclic amines) is 1. The van der Waals surface area contributed by atoms with Crippen molar-refractivity contribution in [2.24, 2.45) is 9.98 Å². The maximum Gasteiger partial charge on any atom is 0.181 e. The number of rotatable bonds is 3. The van der Waals surface area contributed by atoms with E-state index in [9.17, 15) is 0 Å². The lowest BCUT2D eigenvalue weighted by Gasteiger charge is -2.50. The Balaban J connectivity index is 1.31. The summed E-state index contributed by atoms with van der Waals surface area (Å²) in [7, 11) is 2.24. The van der Waals surface area contributed by atoms with Crippen molar-refractivity contribution < 1.29 is 14.0 Å². The van der Waals surface area contributed by atoms with E-state index >= 15 is 0 Å². The zero-order valence-corrected chi connectivity index (χ0v) is 24.8. The number of thioether (sulfide) groups is 1. The van der Waals surface area contributed by atoms with Crippen LogP contribution in [0.2, 0.25) is 0 Å². The van der Waals surface area contributed by atoms with E-state index in [1.165, 1.54) is 18.4 Å². The van der Waals surface area contributed by atoms with Gasteiger partial charge in [-0.05, 0) is 85.6 Å². The number of allylic oxidation sites excluding steroid dienone is 1. The number of hydrogen-bond donors (Lipinski definition) is 1. The summed E-state index contributed by atoms with van der Waals surface area (Å²) in [6.45, 7) is 9.15. The molecule has 39 heavy (non-hydrogen) atoms. The summed E-state index contributed by atoms with van der Waals surface area (Å²) in [6.07, 6.45) is 11.7. The molecule has 1 N–H and O–H groups in total. The van der Waals surface area contributed by atoms with Gasteiger partial charge in [0.05, 0.1) is 18.6 Å². The number of ether oxygens (including phenoxy) is 2. The second kappa shape index (κ2) is 9.41. The summed E-state index contributed by atoms with van der Waals surface area (Å²) < 4.78 is 19.1. The Morgan fingerprint density at radius 1 is 1.10 bits per heavy atom. The van der Waals surface area contributed by atoms with E-state index in [1.54, 1.807) is 11.8 Å². The molecule has 2 aliphatic carbocycles. The molecule has 4 aliphatic heterocycles. The SMILES string of the molecule is CSC1=NC(c2noc3c2CCC[C@@]32CCCCC23OCCO3)=NC2(C)C1=C(C)NN2[C@@H](C)[C@@H]1CCCN1C. The maximum atomic E-state index is 6.41. The Morgan fingerprint density at radius 3 is 2.62 bits per heavy atom. The third-order valence-corrected chi connectivity index (χ3v) is 11.1. The van der Waals surface area contributed by atoms with Crippen LogP contribution in [0.15, 0.2) is 25.8 Å². The quantitative estimate of drug-likeness (QED) is 0.589. The summed E-state index contributed by atoms with van der Waals surface area (Å²) in [5.41, 5.74) is 7.09. The van der Waals surface area contributed by atoms with Gasteiger partial charge in [0.1, 0.15) is 5.04 Å². The highest BCUT2D eigenvalue weighted by Crippen LogP contribution is 2.57. The molecule has 7 rings (SSSR count). The van der Waals surface area contributed by atoms with E-state index in [1.807, 2.05) is 0 Å². The highest BCUT2D eigenvalue weighted by Gasteiger charge is 2.62. The molecule has 5 heterocycles. The fourth-order valence-electron chi connectivity index (χ4n) is 8.61. The smallest absolute Gasteiger partial charge is 0.181 e. The summed E-state index contributed by atoms with van der Waals surface area (Å²) in [5.74, 6) is 1.05. The van der Waals surface area contributed by atoms with Gasteiger partial charge in [-0.3, -0.25) is 0 Å². The van der Waals surface area contributed by atoms with E-state index in [0.717, 1.165) is 79.2 Å². The van der Waals surface area contributed by atoms with Gasteiger partial charge in [-0.1, -0.05) is 11.6 Å². The van der Waals surface area contributed by atoms with Gasteiger partial charge in [-0.25, -0.2) is 9.98 Å². The molecule has 0 amide bonds. The average Bonchev–Trinajstić information content (AvgIpc) is 3.72. The number of likely N-dealkylation sites (N-methyl/N-ethyl adjacent to an activating group) is 1. The molecule has 2 spiro atoms. The Labute approximate surface area is 235 Å². The monoisotopic (exact) mass is 554 g/mol. The molecule has 10 heteroatoms. The minimum absolute atomic E-state index is 0.273. The molecule has 1 unspecified atom stereocenters. The summed E-state index contributed by atoms with van der Waals surface area (Å²) in [6, 6.07) is 0.750. The predicted octanol–water partition coefficient (Wildman–Crippen LogP) is 4.38. The number of hydrazine groups is 1. The third-order valence-electron chi connectivity index (χ3n) is 10.4.